The van der Waals surface area contributed by atoms with Crippen LogP contribution in [-0.2, 0) is 11.2 Å². The van der Waals surface area contributed by atoms with Crippen LogP contribution in [0, 0.1) is 23.5 Å². The van der Waals surface area contributed by atoms with E-state index in [0.29, 0.717) is 18.4 Å². The molecule has 1 saturated carbocycles. The molecule has 0 radical (unpaired) electrons. The lowest BCUT2D eigenvalue weighted by Crippen LogP contribution is -2.01. The number of benzene rings is 1. The van der Waals surface area contributed by atoms with Crippen molar-refractivity contribution in [2.24, 2.45) is 11.8 Å². The molecular weight excluding hydrogens is 202 g/mol. The SMILES string of the molecule is O=C(O)[C@H]1C[C@@H]1Cc1ccc(F)c(F)c1. The molecule has 0 aliphatic heterocycles. The summed E-state index contributed by atoms with van der Waals surface area (Å²) in [5, 5.41) is 8.67. The van der Waals surface area contributed by atoms with Gasteiger partial charge in [0.1, 0.15) is 0 Å². The summed E-state index contributed by atoms with van der Waals surface area (Å²) in [4.78, 5) is 10.5. The van der Waals surface area contributed by atoms with Crippen LogP contribution < -0.4 is 0 Å². The van der Waals surface area contributed by atoms with Gasteiger partial charge in [-0.3, -0.25) is 4.79 Å². The minimum atomic E-state index is -0.875. The first-order chi connectivity index (χ1) is 7.08. The average Bonchev–Trinajstić information content (AvgIpc) is 2.91. The predicted molar refractivity (Wildman–Crippen MR) is 49.3 cm³/mol. The highest BCUT2D eigenvalue weighted by atomic mass is 19.2. The molecule has 1 fully saturated rings. The highest BCUT2D eigenvalue weighted by Gasteiger charge is 2.42. The zero-order valence-electron chi connectivity index (χ0n) is 7.91. The van der Waals surface area contributed by atoms with E-state index in [4.69, 9.17) is 5.11 Å². The zero-order valence-corrected chi connectivity index (χ0v) is 7.91. The molecule has 80 valence electrons. The van der Waals surface area contributed by atoms with Crippen molar-refractivity contribution in [2.75, 3.05) is 0 Å². The molecular formula is C11H10F2O2. The Bertz CT molecular complexity index is 404. The number of carbonyl (C=O) groups is 1. The van der Waals surface area contributed by atoms with Gasteiger partial charge in [0.15, 0.2) is 11.6 Å². The van der Waals surface area contributed by atoms with E-state index in [1.165, 1.54) is 6.07 Å². The first-order valence-corrected chi connectivity index (χ1v) is 4.74. The van der Waals surface area contributed by atoms with Crippen LogP contribution in [0.3, 0.4) is 0 Å². The minimum Gasteiger partial charge on any atom is -0.481 e. The van der Waals surface area contributed by atoms with Crippen molar-refractivity contribution < 1.29 is 18.7 Å². The summed E-state index contributed by atoms with van der Waals surface area (Å²) >= 11 is 0. The second-order valence-electron chi connectivity index (χ2n) is 3.89. The Kier molecular flexibility index (Phi) is 2.42. The van der Waals surface area contributed by atoms with E-state index in [1.807, 2.05) is 0 Å². The fourth-order valence-corrected chi connectivity index (χ4v) is 1.74. The Hall–Kier alpha value is -1.45. The summed E-state index contributed by atoms with van der Waals surface area (Å²) in [6, 6.07) is 3.70. The molecule has 0 saturated heterocycles. The number of carboxylic acids is 1. The second-order valence-corrected chi connectivity index (χ2v) is 3.89. The minimum absolute atomic E-state index is 0.0763. The van der Waals surface area contributed by atoms with Crippen molar-refractivity contribution in [2.45, 2.75) is 12.8 Å². The monoisotopic (exact) mass is 212 g/mol. The van der Waals surface area contributed by atoms with E-state index in [1.54, 1.807) is 0 Å². The number of hydrogen-bond donors (Lipinski definition) is 1. The lowest BCUT2D eigenvalue weighted by Gasteiger charge is -2.00. The van der Waals surface area contributed by atoms with Crippen molar-refractivity contribution in [1.29, 1.82) is 0 Å². The summed E-state index contributed by atoms with van der Waals surface area (Å²) < 4.78 is 25.4. The van der Waals surface area contributed by atoms with Crippen LogP contribution in [0.2, 0.25) is 0 Å². The molecule has 0 aromatic heterocycles. The van der Waals surface area contributed by atoms with Gasteiger partial charge in [0.25, 0.3) is 0 Å². The maximum absolute atomic E-state index is 12.8. The summed E-state index contributed by atoms with van der Waals surface area (Å²) in [6.07, 6.45) is 1.14. The lowest BCUT2D eigenvalue weighted by molar-refractivity contribution is -0.138. The van der Waals surface area contributed by atoms with Crippen LogP contribution in [0.4, 0.5) is 8.78 Å². The first-order valence-electron chi connectivity index (χ1n) is 4.74. The van der Waals surface area contributed by atoms with Gasteiger partial charge in [-0.2, -0.15) is 0 Å². The van der Waals surface area contributed by atoms with Crippen LogP contribution in [0.25, 0.3) is 0 Å². The molecule has 2 nitrogen and oxygen atoms in total. The van der Waals surface area contributed by atoms with Gasteiger partial charge in [0.2, 0.25) is 0 Å². The molecule has 1 aromatic carbocycles. The number of carboxylic acid groups (broad SMARTS) is 1. The number of halogens is 2. The topological polar surface area (TPSA) is 37.3 Å². The van der Waals surface area contributed by atoms with Gasteiger partial charge in [-0.1, -0.05) is 6.07 Å². The fraction of sp³-hybridized carbons (Fsp3) is 0.364. The Morgan fingerprint density at radius 3 is 2.67 bits per heavy atom. The Labute approximate surface area is 85.5 Å². The molecule has 0 spiro atoms. The summed E-state index contributed by atoms with van der Waals surface area (Å²) in [5.74, 6) is -2.78. The molecule has 1 aliphatic carbocycles. The predicted octanol–water partition coefficient (Wildman–Crippen LogP) is 2.23. The molecule has 1 aromatic rings. The lowest BCUT2D eigenvalue weighted by atomic mass is 10.1. The fourth-order valence-electron chi connectivity index (χ4n) is 1.74. The molecule has 2 rings (SSSR count). The highest BCUT2D eigenvalue weighted by Crippen LogP contribution is 2.41. The third kappa shape index (κ3) is 2.14. The van der Waals surface area contributed by atoms with Crippen molar-refractivity contribution in [3.63, 3.8) is 0 Å². The maximum atomic E-state index is 12.8. The largest absolute Gasteiger partial charge is 0.481 e. The van der Waals surface area contributed by atoms with Crippen LogP contribution >= 0.6 is 0 Å². The van der Waals surface area contributed by atoms with Crippen molar-refractivity contribution in [1.82, 2.24) is 0 Å². The van der Waals surface area contributed by atoms with E-state index < -0.39 is 17.6 Å². The zero-order chi connectivity index (χ0) is 11.0. The van der Waals surface area contributed by atoms with Crippen molar-refractivity contribution >= 4 is 5.97 Å². The normalized spacial score (nSPS) is 23.9. The summed E-state index contributed by atoms with van der Waals surface area (Å²) in [7, 11) is 0. The smallest absolute Gasteiger partial charge is 0.306 e. The third-order valence-corrected chi connectivity index (χ3v) is 2.72. The quantitative estimate of drug-likeness (QED) is 0.834. The molecule has 0 amide bonds. The van der Waals surface area contributed by atoms with E-state index >= 15 is 0 Å². The molecule has 0 bridgehead atoms. The Morgan fingerprint density at radius 1 is 1.40 bits per heavy atom. The second kappa shape index (κ2) is 3.61. The van der Waals surface area contributed by atoms with E-state index in [9.17, 15) is 13.6 Å². The van der Waals surface area contributed by atoms with Crippen molar-refractivity contribution in [3.05, 3.63) is 35.4 Å². The van der Waals surface area contributed by atoms with Crippen molar-refractivity contribution in [3.8, 4) is 0 Å². The number of rotatable bonds is 3. The highest BCUT2D eigenvalue weighted by molar-refractivity contribution is 5.73. The molecule has 0 heterocycles. The summed E-state index contributed by atoms with van der Waals surface area (Å²) in [5.41, 5.74) is 0.655. The first kappa shape index (κ1) is 10.1. The maximum Gasteiger partial charge on any atom is 0.306 e. The molecule has 4 heteroatoms. The van der Waals surface area contributed by atoms with Gasteiger partial charge in [-0.25, -0.2) is 8.78 Å². The van der Waals surface area contributed by atoms with Gasteiger partial charge in [-0.15, -0.1) is 0 Å². The van der Waals surface area contributed by atoms with Gasteiger partial charge in [-0.05, 0) is 36.5 Å². The van der Waals surface area contributed by atoms with E-state index in [2.05, 4.69) is 0 Å². The van der Waals surface area contributed by atoms with Gasteiger partial charge in [0, 0.05) is 0 Å². The molecule has 15 heavy (non-hydrogen) atoms. The van der Waals surface area contributed by atoms with Crippen LogP contribution in [0.15, 0.2) is 18.2 Å². The summed E-state index contributed by atoms with van der Waals surface area (Å²) in [6.45, 7) is 0. The van der Waals surface area contributed by atoms with Crippen LogP contribution in [0.5, 0.6) is 0 Å². The molecule has 0 unspecified atom stereocenters. The third-order valence-electron chi connectivity index (χ3n) is 2.72. The van der Waals surface area contributed by atoms with Gasteiger partial charge in [0.05, 0.1) is 5.92 Å². The molecule has 1 aliphatic rings. The molecule has 2 atom stereocenters. The Morgan fingerprint density at radius 2 is 2.13 bits per heavy atom. The number of aliphatic carboxylic acids is 1. The van der Waals surface area contributed by atoms with Crippen LogP contribution in [-0.4, -0.2) is 11.1 Å². The average molecular weight is 212 g/mol. The Balaban J connectivity index is 2.01. The van der Waals surface area contributed by atoms with E-state index in [-0.39, 0.29) is 11.8 Å². The van der Waals surface area contributed by atoms with E-state index in [0.717, 1.165) is 12.1 Å². The van der Waals surface area contributed by atoms with Gasteiger partial charge < -0.3 is 5.11 Å². The molecule has 1 N–H and O–H groups in total. The van der Waals surface area contributed by atoms with Gasteiger partial charge >= 0.3 is 5.97 Å². The number of hydrogen-bond acceptors (Lipinski definition) is 1. The standard InChI is InChI=1S/C11H10F2O2/c12-9-2-1-6(4-10(9)13)3-7-5-8(7)11(14)15/h1-2,4,7-8H,3,5H2,(H,14,15)/t7-,8-/m0/s1. The van der Waals surface area contributed by atoms with Crippen LogP contribution in [0.1, 0.15) is 12.0 Å².